The number of hydrogen-bond donors (Lipinski definition) is 3. The largest absolute Gasteiger partial charge is 0.330 e. The molecule has 50 valence electrons. The second-order valence-electron chi connectivity index (χ2n) is 1.03. The van der Waals surface area contributed by atoms with Crippen LogP contribution in [0.15, 0.2) is 0 Å². The van der Waals surface area contributed by atoms with Crippen molar-refractivity contribution in [2.75, 3.05) is 12.3 Å². The molecule has 0 aromatic heterocycles. The lowest BCUT2D eigenvalue weighted by Crippen LogP contribution is -1.97. The average Bonchev–Trinajstić information content (AvgIpc) is 1.65. The van der Waals surface area contributed by atoms with Crippen LogP contribution in [0.5, 0.6) is 0 Å². The summed E-state index contributed by atoms with van der Waals surface area (Å²) in [5.74, 6) is 0.792. The van der Waals surface area contributed by atoms with Gasteiger partial charge in [0, 0.05) is 19.2 Å². The standard InChI is InChI=1S/C2H7NS.C2H4OS/c3-1-2-4;1-2(3)4/h4H,1-3H2;1H3,(H,3,4). The predicted octanol–water partition coefficient (Wildman–Crippen LogP) is 0.338. The van der Waals surface area contributed by atoms with Gasteiger partial charge in [0.05, 0.1) is 0 Å². The van der Waals surface area contributed by atoms with Crippen LogP contribution in [0, 0.1) is 0 Å². The molecule has 2 nitrogen and oxygen atoms in total. The summed E-state index contributed by atoms with van der Waals surface area (Å²) in [7, 11) is 0. The Morgan fingerprint density at radius 3 is 1.88 bits per heavy atom. The molecule has 0 aliphatic heterocycles. The molecule has 0 bridgehead atoms. The maximum absolute atomic E-state index is 9.31. The molecule has 0 saturated heterocycles. The maximum Gasteiger partial charge on any atom is 0.182 e. The van der Waals surface area contributed by atoms with Crippen LogP contribution in [0.25, 0.3) is 0 Å². The first-order valence-corrected chi connectivity index (χ1v) is 3.23. The van der Waals surface area contributed by atoms with Crippen molar-refractivity contribution < 1.29 is 4.79 Å². The van der Waals surface area contributed by atoms with Gasteiger partial charge in [-0.15, -0.1) is 12.6 Å². The van der Waals surface area contributed by atoms with Gasteiger partial charge < -0.3 is 5.73 Å². The monoisotopic (exact) mass is 153 g/mol. The van der Waals surface area contributed by atoms with Gasteiger partial charge in [0.25, 0.3) is 0 Å². The van der Waals surface area contributed by atoms with Crippen LogP contribution in [0.1, 0.15) is 6.92 Å². The van der Waals surface area contributed by atoms with Crippen molar-refractivity contribution >= 4 is 30.4 Å². The normalized spacial score (nSPS) is 7.00. The highest BCUT2D eigenvalue weighted by molar-refractivity contribution is 7.96. The smallest absolute Gasteiger partial charge is 0.182 e. The molecule has 0 atom stereocenters. The Hall–Kier alpha value is 0.330. The molecule has 0 radical (unpaired) electrons. The van der Waals surface area contributed by atoms with Gasteiger partial charge in [-0.1, -0.05) is 0 Å². The molecule has 0 spiro atoms. The molecule has 0 amide bonds. The summed E-state index contributed by atoms with van der Waals surface area (Å²) < 4.78 is 0. The van der Waals surface area contributed by atoms with Crippen LogP contribution in [0.2, 0.25) is 0 Å². The van der Waals surface area contributed by atoms with Crippen LogP contribution in [-0.2, 0) is 4.79 Å². The van der Waals surface area contributed by atoms with E-state index in [-0.39, 0.29) is 5.12 Å². The predicted molar refractivity (Wildman–Crippen MR) is 42.6 cm³/mol. The zero-order valence-electron chi connectivity index (χ0n) is 4.79. The molecule has 0 fully saturated rings. The molecule has 4 heteroatoms. The molecule has 0 rings (SSSR count). The fourth-order valence-electron chi connectivity index (χ4n) is 0. The highest BCUT2D eigenvalue weighted by Gasteiger charge is 1.63. The summed E-state index contributed by atoms with van der Waals surface area (Å²) >= 11 is 7.12. The third-order valence-electron chi connectivity index (χ3n) is 0.129. The summed E-state index contributed by atoms with van der Waals surface area (Å²) in [5, 5.41) is -0.139. The first-order chi connectivity index (χ1) is 3.65. The number of carbonyl (C=O) groups excluding carboxylic acids is 1. The van der Waals surface area contributed by atoms with Crippen LogP contribution in [0.4, 0.5) is 0 Å². The van der Waals surface area contributed by atoms with Gasteiger partial charge in [-0.2, -0.15) is 12.6 Å². The number of hydrogen-bond acceptors (Lipinski definition) is 3. The van der Waals surface area contributed by atoms with Gasteiger partial charge in [-0.05, 0) is 0 Å². The van der Waals surface area contributed by atoms with Crippen molar-refractivity contribution in [3.05, 3.63) is 0 Å². The van der Waals surface area contributed by atoms with E-state index in [1.54, 1.807) is 0 Å². The van der Waals surface area contributed by atoms with Crippen molar-refractivity contribution in [2.45, 2.75) is 6.92 Å². The second-order valence-corrected chi connectivity index (χ2v) is 2.11. The summed E-state index contributed by atoms with van der Waals surface area (Å²) in [6.45, 7) is 2.08. The van der Waals surface area contributed by atoms with Crippen LogP contribution in [-0.4, -0.2) is 17.4 Å². The fraction of sp³-hybridized carbons (Fsp3) is 0.750. The van der Waals surface area contributed by atoms with Crippen molar-refractivity contribution in [1.29, 1.82) is 0 Å². The van der Waals surface area contributed by atoms with E-state index in [0.717, 1.165) is 5.75 Å². The summed E-state index contributed by atoms with van der Waals surface area (Å²) in [6, 6.07) is 0. The van der Waals surface area contributed by atoms with E-state index in [0.29, 0.717) is 6.54 Å². The van der Waals surface area contributed by atoms with Gasteiger partial charge in [-0.3, -0.25) is 4.79 Å². The molecule has 0 aliphatic rings. The van der Waals surface area contributed by atoms with E-state index in [9.17, 15) is 4.79 Å². The van der Waals surface area contributed by atoms with Crippen molar-refractivity contribution in [3.8, 4) is 0 Å². The Labute approximate surface area is 60.7 Å². The molecule has 0 saturated carbocycles. The van der Waals surface area contributed by atoms with E-state index in [2.05, 4.69) is 25.3 Å². The molecule has 0 unspecified atom stereocenters. The van der Waals surface area contributed by atoms with E-state index >= 15 is 0 Å². The van der Waals surface area contributed by atoms with E-state index in [1.807, 2.05) is 0 Å². The number of nitrogens with two attached hydrogens (primary N) is 1. The van der Waals surface area contributed by atoms with Crippen LogP contribution in [0.3, 0.4) is 0 Å². The molecule has 0 aromatic carbocycles. The first kappa shape index (κ1) is 11.2. The third-order valence-corrected chi connectivity index (χ3v) is 0.387. The molecular weight excluding hydrogens is 142 g/mol. The van der Waals surface area contributed by atoms with Crippen molar-refractivity contribution in [1.82, 2.24) is 0 Å². The van der Waals surface area contributed by atoms with Gasteiger partial charge in [-0.25, -0.2) is 0 Å². The van der Waals surface area contributed by atoms with Gasteiger partial charge >= 0.3 is 0 Å². The third kappa shape index (κ3) is 102. The van der Waals surface area contributed by atoms with Gasteiger partial charge in [0.15, 0.2) is 5.12 Å². The number of rotatable bonds is 1. The Bertz CT molecular complexity index is 52.0. The lowest BCUT2D eigenvalue weighted by Gasteiger charge is -1.69. The minimum absolute atomic E-state index is 0.139. The number of thiol groups is 2. The molecule has 8 heavy (non-hydrogen) atoms. The summed E-state index contributed by atoms with van der Waals surface area (Å²) in [4.78, 5) is 9.31. The fourth-order valence-corrected chi connectivity index (χ4v) is 0. The average molecular weight is 153 g/mol. The SMILES string of the molecule is CC(=O)S.NCCS. The zero-order chi connectivity index (χ0) is 6.99. The van der Waals surface area contributed by atoms with E-state index in [1.165, 1.54) is 6.92 Å². The minimum Gasteiger partial charge on any atom is -0.330 e. The van der Waals surface area contributed by atoms with E-state index in [4.69, 9.17) is 5.73 Å². The lowest BCUT2D eigenvalue weighted by molar-refractivity contribution is -0.108. The maximum atomic E-state index is 9.31. The van der Waals surface area contributed by atoms with Crippen LogP contribution >= 0.6 is 25.3 Å². The van der Waals surface area contributed by atoms with E-state index < -0.39 is 0 Å². The second kappa shape index (κ2) is 10.3. The highest BCUT2D eigenvalue weighted by atomic mass is 32.1. The van der Waals surface area contributed by atoms with Crippen LogP contribution < -0.4 is 5.73 Å². The number of carbonyl (C=O) groups is 1. The first-order valence-electron chi connectivity index (χ1n) is 2.15. The lowest BCUT2D eigenvalue weighted by atomic mass is 10.8. The molecule has 2 N–H and O–H groups in total. The zero-order valence-corrected chi connectivity index (χ0v) is 6.58. The van der Waals surface area contributed by atoms with Gasteiger partial charge in [0.2, 0.25) is 0 Å². The molecule has 0 aliphatic carbocycles. The van der Waals surface area contributed by atoms with Crippen molar-refractivity contribution in [2.24, 2.45) is 5.73 Å². The Morgan fingerprint density at radius 1 is 1.75 bits per heavy atom. The molecule has 0 heterocycles. The Kier molecular flexibility index (Phi) is 14.4. The van der Waals surface area contributed by atoms with Gasteiger partial charge in [0.1, 0.15) is 0 Å². The molecular formula is C4H11NOS2. The quantitative estimate of drug-likeness (QED) is 0.476. The minimum atomic E-state index is -0.139. The molecule has 0 aromatic rings. The Morgan fingerprint density at radius 2 is 1.88 bits per heavy atom. The summed E-state index contributed by atoms with van der Waals surface area (Å²) in [6.07, 6.45) is 0. The van der Waals surface area contributed by atoms with Crippen molar-refractivity contribution in [3.63, 3.8) is 0 Å². The summed E-state index contributed by atoms with van der Waals surface area (Å²) in [5.41, 5.74) is 4.95. The topological polar surface area (TPSA) is 43.1 Å². The Balaban J connectivity index is 0. The highest BCUT2D eigenvalue weighted by Crippen LogP contribution is 1.66.